The lowest BCUT2D eigenvalue weighted by atomic mass is 9.84. The Labute approximate surface area is 216 Å². The Kier molecular flexibility index (Phi) is 5.09. The number of guanidine groups is 2. The minimum Gasteiger partial charge on any atom is -0.370 e. The molecular formula is C22H26N8O7S. The molecule has 202 valence electrons. The maximum absolute atomic E-state index is 13.3. The Bertz CT molecular complexity index is 1440. The molecule has 0 aromatic heterocycles. The van der Waals surface area contributed by atoms with Crippen LogP contribution in [0.2, 0.25) is 0 Å². The summed E-state index contributed by atoms with van der Waals surface area (Å²) in [6.07, 6.45) is 0.137. The van der Waals surface area contributed by atoms with Crippen molar-refractivity contribution in [2.45, 2.75) is 53.9 Å². The second-order valence-electron chi connectivity index (χ2n) is 10.1. The van der Waals surface area contributed by atoms with Crippen molar-refractivity contribution in [2.75, 3.05) is 13.1 Å². The van der Waals surface area contributed by atoms with E-state index in [1.807, 2.05) is 0 Å². The molecule has 38 heavy (non-hydrogen) atoms. The van der Waals surface area contributed by atoms with Crippen LogP contribution in [0, 0.1) is 0 Å². The topological polar surface area (TPSA) is 233 Å². The maximum atomic E-state index is 13.3. The van der Waals surface area contributed by atoms with E-state index in [0.29, 0.717) is 11.1 Å². The standard InChI is InChI=1S/C22H26N8O7S/c23-19-27-17-13(6-29-15(31)4-5-16(29)32)25-20(24)30-7-14(22(34,35)21(17,30)28-19)26-18(33)11-3-1-2-10-8-38(36,37)9-12(10)11/h1-3,13-14,17,34-35H,4-9H2,(H2,24,25)(H,26,33)(H3,23,27,28)/t13-,14?,17-,21-/m0/s1. The van der Waals surface area contributed by atoms with Gasteiger partial charge in [-0.25, -0.2) is 18.4 Å². The van der Waals surface area contributed by atoms with E-state index >= 15 is 0 Å². The normalized spacial score (nSPS) is 32.3. The van der Waals surface area contributed by atoms with Crippen molar-refractivity contribution in [3.8, 4) is 0 Å². The van der Waals surface area contributed by atoms with E-state index in [4.69, 9.17) is 11.5 Å². The number of nitrogens with two attached hydrogens (primary N) is 2. The molecule has 0 bridgehead atoms. The van der Waals surface area contributed by atoms with Crippen molar-refractivity contribution < 1.29 is 33.0 Å². The highest BCUT2D eigenvalue weighted by atomic mass is 32.2. The van der Waals surface area contributed by atoms with E-state index in [9.17, 15) is 33.0 Å². The van der Waals surface area contributed by atoms with Gasteiger partial charge in [0.05, 0.1) is 24.1 Å². The average molecular weight is 547 g/mol. The lowest BCUT2D eigenvalue weighted by Gasteiger charge is -2.49. The van der Waals surface area contributed by atoms with Crippen LogP contribution in [0.3, 0.4) is 0 Å². The second kappa shape index (κ2) is 7.87. The number of rotatable bonds is 4. The van der Waals surface area contributed by atoms with Crippen LogP contribution in [-0.4, -0.2) is 101 Å². The van der Waals surface area contributed by atoms with Crippen molar-refractivity contribution >= 4 is 39.5 Å². The highest BCUT2D eigenvalue weighted by Gasteiger charge is 2.73. The molecule has 1 unspecified atom stereocenters. The van der Waals surface area contributed by atoms with Crippen LogP contribution < -0.4 is 22.1 Å². The Hall–Kier alpha value is -3.76. The summed E-state index contributed by atoms with van der Waals surface area (Å²) in [6.45, 7) is -0.392. The number of fused-ring (bicyclic) bond motifs is 1. The molecular weight excluding hydrogens is 520 g/mol. The molecule has 8 N–H and O–H groups in total. The predicted octanol–water partition coefficient (Wildman–Crippen LogP) is -3.96. The molecule has 15 nitrogen and oxygen atoms in total. The summed E-state index contributed by atoms with van der Waals surface area (Å²) >= 11 is 0. The first-order chi connectivity index (χ1) is 17.8. The van der Waals surface area contributed by atoms with Crippen molar-refractivity contribution in [3.05, 3.63) is 34.9 Å². The Morgan fingerprint density at radius 1 is 1.16 bits per heavy atom. The van der Waals surface area contributed by atoms with Crippen molar-refractivity contribution in [2.24, 2.45) is 21.5 Å². The number of sulfone groups is 1. The van der Waals surface area contributed by atoms with Gasteiger partial charge in [-0.2, -0.15) is 0 Å². The van der Waals surface area contributed by atoms with Gasteiger partial charge in [0.2, 0.25) is 17.6 Å². The van der Waals surface area contributed by atoms with E-state index < -0.39 is 45.3 Å². The van der Waals surface area contributed by atoms with E-state index in [1.165, 1.54) is 11.0 Å². The van der Waals surface area contributed by atoms with E-state index in [2.05, 4.69) is 20.6 Å². The fraction of sp³-hybridized carbons (Fsp3) is 0.500. The molecule has 6 rings (SSSR count). The molecule has 5 heterocycles. The molecule has 16 heteroatoms. The lowest BCUT2D eigenvalue weighted by molar-refractivity contribution is -0.230. The zero-order valence-electron chi connectivity index (χ0n) is 20.0. The number of aliphatic imine (C=N–C) groups is 2. The number of hydrogen-bond acceptors (Lipinski definition) is 13. The number of nitrogens with one attached hydrogen (secondary N) is 2. The molecule has 2 fully saturated rings. The number of amides is 3. The molecule has 0 saturated carbocycles. The van der Waals surface area contributed by atoms with Gasteiger partial charge in [-0.1, -0.05) is 12.1 Å². The Morgan fingerprint density at radius 2 is 1.87 bits per heavy atom. The van der Waals surface area contributed by atoms with E-state index in [1.54, 1.807) is 12.1 Å². The Morgan fingerprint density at radius 3 is 2.58 bits per heavy atom. The molecule has 0 aliphatic carbocycles. The highest BCUT2D eigenvalue weighted by Crippen LogP contribution is 2.45. The third kappa shape index (κ3) is 3.33. The third-order valence-corrected chi connectivity index (χ3v) is 9.37. The molecule has 1 spiro atoms. The summed E-state index contributed by atoms with van der Waals surface area (Å²) in [6, 6.07) is 1.30. The number of aliphatic hydroxyl groups is 2. The lowest BCUT2D eigenvalue weighted by Crippen LogP contribution is -2.78. The maximum Gasteiger partial charge on any atom is 0.252 e. The average Bonchev–Trinajstić information content (AvgIpc) is 3.52. The van der Waals surface area contributed by atoms with Gasteiger partial charge in [-0.3, -0.25) is 19.3 Å². The SMILES string of the molecule is NC1=N[C@H]2[C@H](CN3C(=O)CCC3=O)N=C(N)N3CC(NC(=O)c4cccc5c4CS(=O)(=O)C5)C(O)(O)[C@]23N1. The number of nitrogens with zero attached hydrogens (tertiary/aromatic N) is 4. The van der Waals surface area contributed by atoms with Crippen LogP contribution in [-0.2, 0) is 30.9 Å². The van der Waals surface area contributed by atoms with Crippen LogP contribution in [0.4, 0.5) is 0 Å². The number of carbonyl (C=O) groups is 3. The van der Waals surface area contributed by atoms with Gasteiger partial charge in [0.15, 0.2) is 27.4 Å². The second-order valence-corrected chi connectivity index (χ2v) is 12.2. The number of likely N-dealkylation sites (tertiary alicyclic amines) is 1. The summed E-state index contributed by atoms with van der Waals surface area (Å²) in [5, 5.41) is 28.5. The van der Waals surface area contributed by atoms with E-state index in [0.717, 1.165) is 4.90 Å². The van der Waals surface area contributed by atoms with Gasteiger partial charge < -0.3 is 37.2 Å². The zero-order chi connectivity index (χ0) is 27.2. The fourth-order valence-electron chi connectivity index (χ4n) is 6.15. The predicted molar refractivity (Wildman–Crippen MR) is 131 cm³/mol. The summed E-state index contributed by atoms with van der Waals surface area (Å²) < 4.78 is 24.3. The highest BCUT2D eigenvalue weighted by molar-refractivity contribution is 7.90. The van der Waals surface area contributed by atoms with Crippen molar-refractivity contribution in [3.63, 3.8) is 0 Å². The van der Waals surface area contributed by atoms with Gasteiger partial charge >= 0.3 is 0 Å². The smallest absolute Gasteiger partial charge is 0.252 e. The van der Waals surface area contributed by atoms with E-state index in [-0.39, 0.29) is 66.7 Å². The molecule has 4 atom stereocenters. The summed E-state index contributed by atoms with van der Waals surface area (Å²) in [5.74, 6) is -4.91. The number of carbonyl (C=O) groups excluding carboxylic acids is 3. The molecule has 3 amide bonds. The molecule has 0 radical (unpaired) electrons. The first-order valence-electron chi connectivity index (χ1n) is 12.0. The number of imide groups is 1. The first-order valence-corrected chi connectivity index (χ1v) is 13.8. The largest absolute Gasteiger partial charge is 0.370 e. The van der Waals surface area contributed by atoms with Crippen molar-refractivity contribution in [1.82, 2.24) is 20.4 Å². The minimum atomic E-state index is -3.39. The van der Waals surface area contributed by atoms with Gasteiger partial charge in [-0.05, 0) is 17.2 Å². The number of benzene rings is 1. The monoisotopic (exact) mass is 546 g/mol. The molecule has 1 aromatic rings. The van der Waals surface area contributed by atoms with Gasteiger partial charge in [0, 0.05) is 24.9 Å². The summed E-state index contributed by atoms with van der Waals surface area (Å²) in [7, 11) is -3.39. The zero-order valence-corrected chi connectivity index (χ0v) is 20.8. The van der Waals surface area contributed by atoms with Gasteiger partial charge in [0.1, 0.15) is 12.1 Å². The molecule has 1 aromatic carbocycles. The van der Waals surface area contributed by atoms with Crippen LogP contribution >= 0.6 is 0 Å². The van der Waals surface area contributed by atoms with Crippen LogP contribution in [0.15, 0.2) is 28.2 Å². The molecule has 5 aliphatic heterocycles. The van der Waals surface area contributed by atoms with Crippen LogP contribution in [0.25, 0.3) is 0 Å². The third-order valence-electron chi connectivity index (χ3n) is 7.89. The number of hydrogen-bond donors (Lipinski definition) is 6. The van der Waals surface area contributed by atoms with Crippen LogP contribution in [0.5, 0.6) is 0 Å². The fourth-order valence-corrected chi connectivity index (χ4v) is 7.77. The molecule has 5 aliphatic rings. The first kappa shape index (κ1) is 24.6. The van der Waals surface area contributed by atoms with Gasteiger partial charge in [0.25, 0.3) is 5.91 Å². The quantitative estimate of drug-likeness (QED) is 0.157. The van der Waals surface area contributed by atoms with Gasteiger partial charge in [-0.15, -0.1) is 0 Å². The Balaban J connectivity index is 1.32. The minimum absolute atomic E-state index is 0.0683. The van der Waals surface area contributed by atoms with Crippen LogP contribution in [0.1, 0.15) is 34.3 Å². The summed E-state index contributed by atoms with van der Waals surface area (Å²) in [5.41, 5.74) is 11.3. The van der Waals surface area contributed by atoms with Crippen molar-refractivity contribution in [1.29, 1.82) is 0 Å². The molecule has 2 saturated heterocycles. The summed E-state index contributed by atoms with van der Waals surface area (Å²) in [4.78, 5) is 48.9.